The lowest BCUT2D eigenvalue weighted by molar-refractivity contribution is 0.409. The number of methoxy groups -OCH3 is 1. The van der Waals surface area contributed by atoms with Crippen molar-refractivity contribution >= 4 is 23.5 Å². The van der Waals surface area contributed by atoms with Crippen molar-refractivity contribution in [2.24, 2.45) is 0 Å². The molecule has 1 fully saturated rings. The Morgan fingerprint density at radius 2 is 2.32 bits per heavy atom. The Hall–Kier alpha value is -0.390. The van der Waals surface area contributed by atoms with Crippen molar-refractivity contribution in [2.45, 2.75) is 18.2 Å². The summed E-state index contributed by atoms with van der Waals surface area (Å²) >= 11 is 4.02. The van der Waals surface area contributed by atoms with Crippen LogP contribution in [-0.2, 0) is 0 Å². The number of halogens is 1. The summed E-state index contributed by atoms with van der Waals surface area (Å²) in [5.74, 6) is 4.03. The Balaban J connectivity index is 1.89. The Kier molecular flexibility index (Phi) is 5.85. The third kappa shape index (κ3) is 4.29. The number of nitrogens with one attached hydrogen (secondary N) is 1. The zero-order valence-corrected chi connectivity index (χ0v) is 13.0. The van der Waals surface area contributed by atoms with E-state index in [1.807, 2.05) is 36.5 Å². The molecule has 106 valence electrons. The second kappa shape index (κ2) is 7.41. The molecule has 2 unspecified atom stereocenters. The first kappa shape index (κ1) is 15.0. The normalized spacial score (nSPS) is 21.1. The fourth-order valence-corrected chi connectivity index (χ4v) is 4.68. The smallest absolute Gasteiger partial charge is 0.131 e. The summed E-state index contributed by atoms with van der Waals surface area (Å²) in [5.41, 5.74) is 0.703. The first-order chi connectivity index (χ1) is 9.20. The van der Waals surface area contributed by atoms with Gasteiger partial charge in [-0.25, -0.2) is 4.39 Å². The fourth-order valence-electron chi connectivity index (χ4n) is 2.06. The monoisotopic (exact) mass is 301 g/mol. The summed E-state index contributed by atoms with van der Waals surface area (Å²) in [7, 11) is 1.55. The van der Waals surface area contributed by atoms with Crippen LogP contribution in [0, 0.1) is 5.82 Å². The highest BCUT2D eigenvalue weighted by Gasteiger charge is 2.17. The van der Waals surface area contributed by atoms with E-state index in [1.54, 1.807) is 13.2 Å². The molecule has 0 spiro atoms. The fraction of sp³-hybridized carbons (Fsp3) is 0.571. The maximum atomic E-state index is 13.9. The molecule has 2 atom stereocenters. The number of thioether (sulfide) groups is 2. The highest BCUT2D eigenvalue weighted by molar-refractivity contribution is 8.06. The summed E-state index contributed by atoms with van der Waals surface area (Å²) in [6.07, 6.45) is 0. The van der Waals surface area contributed by atoms with Gasteiger partial charge in [0.25, 0.3) is 0 Å². The standard InChI is InChI=1S/C14H20FNOS2/c1-10(16-8-12-9-18-5-6-19-12)13-4-3-11(17-2)7-14(13)15/h3-4,7,10,12,16H,5-6,8-9H2,1-2H3. The van der Waals surface area contributed by atoms with Crippen LogP contribution in [0.3, 0.4) is 0 Å². The van der Waals surface area contributed by atoms with Crippen LogP contribution in [0.25, 0.3) is 0 Å². The van der Waals surface area contributed by atoms with Crippen LogP contribution in [0.5, 0.6) is 5.75 Å². The van der Waals surface area contributed by atoms with Gasteiger partial charge in [0.05, 0.1) is 7.11 Å². The predicted octanol–water partition coefficient (Wildman–Crippen LogP) is 3.33. The molecule has 1 aromatic rings. The van der Waals surface area contributed by atoms with Gasteiger partial charge in [-0.3, -0.25) is 0 Å². The molecule has 0 aromatic heterocycles. The molecule has 0 bridgehead atoms. The molecule has 0 radical (unpaired) electrons. The van der Waals surface area contributed by atoms with Crippen LogP contribution in [0.2, 0.25) is 0 Å². The van der Waals surface area contributed by atoms with E-state index < -0.39 is 0 Å². The summed E-state index contributed by atoms with van der Waals surface area (Å²) in [4.78, 5) is 0. The molecule has 0 saturated carbocycles. The summed E-state index contributed by atoms with van der Waals surface area (Å²) in [5, 5.41) is 4.07. The third-order valence-corrected chi connectivity index (χ3v) is 6.06. The molecular formula is C14H20FNOS2. The lowest BCUT2D eigenvalue weighted by Crippen LogP contribution is -2.31. The van der Waals surface area contributed by atoms with Crippen molar-refractivity contribution in [2.75, 3.05) is 30.9 Å². The van der Waals surface area contributed by atoms with Crippen molar-refractivity contribution < 1.29 is 9.13 Å². The highest BCUT2D eigenvalue weighted by Crippen LogP contribution is 2.25. The number of rotatable bonds is 5. The molecule has 1 heterocycles. The molecule has 2 nitrogen and oxygen atoms in total. The van der Waals surface area contributed by atoms with E-state index >= 15 is 0 Å². The molecule has 1 aliphatic rings. The van der Waals surface area contributed by atoms with Crippen molar-refractivity contribution in [1.82, 2.24) is 5.32 Å². The number of ether oxygens (including phenoxy) is 1. The third-order valence-electron chi connectivity index (χ3n) is 3.21. The van der Waals surface area contributed by atoms with Crippen molar-refractivity contribution in [3.63, 3.8) is 0 Å². The van der Waals surface area contributed by atoms with Gasteiger partial charge in [0.15, 0.2) is 0 Å². The van der Waals surface area contributed by atoms with Gasteiger partial charge in [-0.15, -0.1) is 0 Å². The van der Waals surface area contributed by atoms with Gasteiger partial charge in [0.2, 0.25) is 0 Å². The Bertz CT molecular complexity index is 410. The van der Waals surface area contributed by atoms with Crippen LogP contribution >= 0.6 is 23.5 Å². The first-order valence-corrected chi connectivity index (χ1v) is 8.67. The molecule has 19 heavy (non-hydrogen) atoms. The van der Waals surface area contributed by atoms with Gasteiger partial charge in [-0.1, -0.05) is 6.07 Å². The van der Waals surface area contributed by atoms with Gasteiger partial charge >= 0.3 is 0 Å². The summed E-state index contributed by atoms with van der Waals surface area (Å²) < 4.78 is 18.9. The minimum Gasteiger partial charge on any atom is -0.497 e. The molecule has 1 aliphatic heterocycles. The molecule has 2 rings (SSSR count). The van der Waals surface area contributed by atoms with E-state index in [-0.39, 0.29) is 11.9 Å². The van der Waals surface area contributed by atoms with Crippen LogP contribution < -0.4 is 10.1 Å². The first-order valence-electron chi connectivity index (χ1n) is 6.47. The van der Waals surface area contributed by atoms with Crippen LogP contribution in [0.15, 0.2) is 18.2 Å². The minimum absolute atomic E-state index is 0.0263. The van der Waals surface area contributed by atoms with Crippen LogP contribution in [0.1, 0.15) is 18.5 Å². The zero-order chi connectivity index (χ0) is 13.7. The Morgan fingerprint density at radius 1 is 1.47 bits per heavy atom. The van der Waals surface area contributed by atoms with Crippen LogP contribution in [0.4, 0.5) is 4.39 Å². The van der Waals surface area contributed by atoms with E-state index in [9.17, 15) is 4.39 Å². The maximum Gasteiger partial charge on any atom is 0.131 e. The molecule has 1 saturated heterocycles. The largest absolute Gasteiger partial charge is 0.497 e. The average Bonchev–Trinajstić information content (AvgIpc) is 2.45. The average molecular weight is 301 g/mol. The van der Waals surface area contributed by atoms with Gasteiger partial charge < -0.3 is 10.1 Å². The minimum atomic E-state index is -0.204. The van der Waals surface area contributed by atoms with Crippen molar-refractivity contribution in [1.29, 1.82) is 0 Å². The van der Waals surface area contributed by atoms with Crippen molar-refractivity contribution in [3.05, 3.63) is 29.6 Å². The van der Waals surface area contributed by atoms with E-state index in [4.69, 9.17) is 4.74 Å². The van der Waals surface area contributed by atoms with Crippen LogP contribution in [-0.4, -0.2) is 36.2 Å². The summed E-state index contributed by atoms with van der Waals surface area (Å²) in [6, 6.07) is 5.08. The molecular weight excluding hydrogens is 281 g/mol. The molecule has 0 aliphatic carbocycles. The zero-order valence-electron chi connectivity index (χ0n) is 11.3. The second-order valence-corrected chi connectivity index (χ2v) is 7.14. The second-order valence-electron chi connectivity index (χ2n) is 4.59. The maximum absolute atomic E-state index is 13.9. The molecule has 0 amide bonds. The topological polar surface area (TPSA) is 21.3 Å². The van der Waals surface area contributed by atoms with Gasteiger partial charge in [-0.2, -0.15) is 23.5 Å². The van der Waals surface area contributed by atoms with E-state index in [0.717, 1.165) is 6.54 Å². The number of benzene rings is 1. The highest BCUT2D eigenvalue weighted by atomic mass is 32.2. The van der Waals surface area contributed by atoms with Gasteiger partial charge in [-0.05, 0) is 13.0 Å². The number of hydrogen-bond donors (Lipinski definition) is 1. The summed E-state index contributed by atoms with van der Waals surface area (Å²) in [6.45, 7) is 2.94. The number of hydrogen-bond acceptors (Lipinski definition) is 4. The van der Waals surface area contributed by atoms with E-state index in [0.29, 0.717) is 16.6 Å². The lowest BCUT2D eigenvalue weighted by atomic mass is 10.1. The van der Waals surface area contributed by atoms with Gasteiger partial charge in [0, 0.05) is 46.7 Å². The van der Waals surface area contributed by atoms with Gasteiger partial charge in [0.1, 0.15) is 11.6 Å². The SMILES string of the molecule is COc1ccc(C(C)NCC2CSCCS2)c(F)c1. The Labute approximate surface area is 122 Å². The quantitative estimate of drug-likeness (QED) is 0.900. The molecule has 5 heteroatoms. The lowest BCUT2D eigenvalue weighted by Gasteiger charge is -2.24. The molecule has 1 aromatic carbocycles. The predicted molar refractivity (Wildman–Crippen MR) is 82.9 cm³/mol. The van der Waals surface area contributed by atoms with E-state index in [1.165, 1.54) is 23.3 Å². The van der Waals surface area contributed by atoms with Crippen molar-refractivity contribution in [3.8, 4) is 5.75 Å². The Morgan fingerprint density at radius 3 is 2.95 bits per heavy atom. The van der Waals surface area contributed by atoms with E-state index in [2.05, 4.69) is 5.32 Å². The molecule has 1 N–H and O–H groups in total.